The molecule has 0 radical (unpaired) electrons. The predicted octanol–water partition coefficient (Wildman–Crippen LogP) is 2.14. The van der Waals surface area contributed by atoms with Crippen LogP contribution < -0.4 is 10.6 Å². The summed E-state index contributed by atoms with van der Waals surface area (Å²) in [5.41, 5.74) is -0.670. The predicted molar refractivity (Wildman–Crippen MR) is 78.7 cm³/mol. The van der Waals surface area contributed by atoms with Crippen LogP contribution >= 0.6 is 0 Å². The van der Waals surface area contributed by atoms with Crippen LogP contribution in [-0.4, -0.2) is 29.6 Å². The van der Waals surface area contributed by atoms with Crippen LogP contribution in [0.25, 0.3) is 0 Å². The van der Waals surface area contributed by atoms with Gasteiger partial charge in [0.2, 0.25) is 5.91 Å². The van der Waals surface area contributed by atoms with Gasteiger partial charge in [0.1, 0.15) is 0 Å². The molecule has 0 aromatic rings. The zero-order valence-electron chi connectivity index (χ0n) is 13.1. The fourth-order valence-electron chi connectivity index (χ4n) is 2.87. The Balaban J connectivity index is 2.30. The van der Waals surface area contributed by atoms with Crippen LogP contribution in [0.5, 0.6) is 0 Å². The number of rotatable bonds is 6. The molecule has 0 saturated heterocycles. The third-order valence-corrected chi connectivity index (χ3v) is 4.09. The molecule has 0 aromatic carbocycles. The van der Waals surface area contributed by atoms with Crippen LogP contribution in [0.2, 0.25) is 0 Å². The standard InChI is InChI=1S/C15H26N2O4/c1-10-5-4-6-11(10)9-16-14(21)17-12(18)7-15(2,3)8-13(19)20/h10-11H,4-9H2,1-3H3,(H,19,20)(H2,16,17,18,21). The van der Waals surface area contributed by atoms with Crippen LogP contribution in [0.1, 0.15) is 52.9 Å². The lowest BCUT2D eigenvalue weighted by molar-refractivity contribution is -0.139. The summed E-state index contributed by atoms with van der Waals surface area (Å²) in [7, 11) is 0. The minimum atomic E-state index is -0.951. The maximum absolute atomic E-state index is 11.7. The first-order valence-corrected chi connectivity index (χ1v) is 7.49. The summed E-state index contributed by atoms with van der Waals surface area (Å²) >= 11 is 0. The topological polar surface area (TPSA) is 95.5 Å². The Morgan fingerprint density at radius 2 is 1.86 bits per heavy atom. The molecule has 0 spiro atoms. The molecule has 6 heteroatoms. The number of hydrogen-bond donors (Lipinski definition) is 3. The Bertz CT molecular complexity index is 406. The second-order valence-corrected chi connectivity index (χ2v) is 6.84. The first kappa shape index (κ1) is 17.5. The van der Waals surface area contributed by atoms with Crippen molar-refractivity contribution < 1.29 is 19.5 Å². The lowest BCUT2D eigenvalue weighted by Gasteiger charge is -2.21. The molecule has 1 saturated carbocycles. The molecule has 0 heterocycles. The van der Waals surface area contributed by atoms with Crippen molar-refractivity contribution in [3.05, 3.63) is 0 Å². The van der Waals surface area contributed by atoms with Gasteiger partial charge < -0.3 is 10.4 Å². The van der Waals surface area contributed by atoms with E-state index in [1.807, 2.05) is 0 Å². The maximum atomic E-state index is 11.7. The van der Waals surface area contributed by atoms with Gasteiger partial charge in [-0.2, -0.15) is 0 Å². The molecule has 1 aliphatic rings. The van der Waals surface area contributed by atoms with Crippen LogP contribution in [-0.2, 0) is 9.59 Å². The fourth-order valence-corrected chi connectivity index (χ4v) is 2.87. The van der Waals surface area contributed by atoms with Gasteiger partial charge in [0.15, 0.2) is 0 Å². The highest BCUT2D eigenvalue weighted by atomic mass is 16.4. The summed E-state index contributed by atoms with van der Waals surface area (Å²) in [6.45, 7) is 6.15. The molecule has 0 bridgehead atoms. The number of hydrogen-bond acceptors (Lipinski definition) is 3. The Hall–Kier alpha value is -1.59. The fraction of sp³-hybridized carbons (Fsp3) is 0.800. The summed E-state index contributed by atoms with van der Waals surface area (Å²) in [5, 5.41) is 13.8. The van der Waals surface area contributed by atoms with E-state index in [0.29, 0.717) is 18.4 Å². The van der Waals surface area contributed by atoms with Crippen LogP contribution in [0, 0.1) is 17.3 Å². The number of nitrogens with one attached hydrogen (secondary N) is 2. The van der Waals surface area contributed by atoms with Crippen LogP contribution in [0.3, 0.4) is 0 Å². The van der Waals surface area contributed by atoms with Crippen LogP contribution in [0.4, 0.5) is 4.79 Å². The zero-order valence-corrected chi connectivity index (χ0v) is 13.1. The Morgan fingerprint density at radius 1 is 1.19 bits per heavy atom. The molecule has 2 unspecified atom stereocenters. The van der Waals surface area contributed by atoms with Crippen molar-refractivity contribution in [3.63, 3.8) is 0 Å². The van der Waals surface area contributed by atoms with Crippen molar-refractivity contribution in [1.29, 1.82) is 0 Å². The van der Waals surface area contributed by atoms with E-state index in [4.69, 9.17) is 5.11 Å². The number of imide groups is 1. The molecule has 21 heavy (non-hydrogen) atoms. The Kier molecular flexibility index (Phi) is 6.18. The van der Waals surface area contributed by atoms with E-state index >= 15 is 0 Å². The van der Waals surface area contributed by atoms with E-state index in [-0.39, 0.29) is 12.8 Å². The number of carbonyl (C=O) groups is 3. The third-order valence-electron chi connectivity index (χ3n) is 4.09. The molecule has 0 aromatic heterocycles. The summed E-state index contributed by atoms with van der Waals surface area (Å²) < 4.78 is 0. The lowest BCUT2D eigenvalue weighted by Crippen LogP contribution is -2.43. The van der Waals surface area contributed by atoms with Gasteiger partial charge in [-0.05, 0) is 23.7 Å². The van der Waals surface area contributed by atoms with Gasteiger partial charge in [-0.3, -0.25) is 14.9 Å². The molecule has 6 nitrogen and oxygen atoms in total. The SMILES string of the molecule is CC1CCCC1CNC(=O)NC(=O)CC(C)(C)CC(=O)O. The molecular weight excluding hydrogens is 272 g/mol. The van der Waals surface area contributed by atoms with E-state index in [2.05, 4.69) is 17.6 Å². The number of amides is 3. The molecule has 2 atom stereocenters. The zero-order chi connectivity index (χ0) is 16.0. The van der Waals surface area contributed by atoms with Crippen molar-refractivity contribution in [3.8, 4) is 0 Å². The average molecular weight is 298 g/mol. The summed E-state index contributed by atoms with van der Waals surface area (Å²) in [5.74, 6) is -0.310. The minimum Gasteiger partial charge on any atom is -0.481 e. The third kappa shape index (κ3) is 6.60. The van der Waals surface area contributed by atoms with E-state index in [1.165, 1.54) is 12.8 Å². The highest BCUT2D eigenvalue weighted by molar-refractivity contribution is 5.94. The smallest absolute Gasteiger partial charge is 0.321 e. The van der Waals surface area contributed by atoms with Gasteiger partial charge in [0.25, 0.3) is 0 Å². The molecule has 1 aliphatic carbocycles. The maximum Gasteiger partial charge on any atom is 0.321 e. The average Bonchev–Trinajstić information content (AvgIpc) is 2.69. The van der Waals surface area contributed by atoms with E-state index in [0.717, 1.165) is 6.42 Å². The summed E-state index contributed by atoms with van der Waals surface area (Å²) in [6.07, 6.45) is 3.39. The highest BCUT2D eigenvalue weighted by Gasteiger charge is 2.27. The van der Waals surface area contributed by atoms with Crippen molar-refractivity contribution in [2.75, 3.05) is 6.54 Å². The van der Waals surface area contributed by atoms with Gasteiger partial charge in [0, 0.05) is 13.0 Å². The molecule has 3 N–H and O–H groups in total. The molecule has 0 aliphatic heterocycles. The van der Waals surface area contributed by atoms with Gasteiger partial charge in [-0.25, -0.2) is 4.79 Å². The number of urea groups is 1. The monoisotopic (exact) mass is 298 g/mol. The van der Waals surface area contributed by atoms with Crippen LogP contribution in [0.15, 0.2) is 0 Å². The molecule has 120 valence electrons. The van der Waals surface area contributed by atoms with E-state index < -0.39 is 23.3 Å². The number of carbonyl (C=O) groups excluding carboxylic acids is 2. The van der Waals surface area contributed by atoms with E-state index in [9.17, 15) is 14.4 Å². The van der Waals surface area contributed by atoms with Gasteiger partial charge >= 0.3 is 12.0 Å². The lowest BCUT2D eigenvalue weighted by atomic mass is 9.85. The molecule has 1 fully saturated rings. The Morgan fingerprint density at radius 3 is 2.38 bits per heavy atom. The normalized spacial score (nSPS) is 21.9. The second-order valence-electron chi connectivity index (χ2n) is 6.84. The van der Waals surface area contributed by atoms with Crippen molar-refractivity contribution in [2.45, 2.75) is 52.9 Å². The van der Waals surface area contributed by atoms with Gasteiger partial charge in [-0.15, -0.1) is 0 Å². The summed E-state index contributed by atoms with van der Waals surface area (Å²) in [4.78, 5) is 34.1. The van der Waals surface area contributed by atoms with Crippen molar-refractivity contribution in [2.24, 2.45) is 17.3 Å². The summed E-state index contributed by atoms with van der Waals surface area (Å²) in [6, 6.07) is -0.495. The molecule has 1 rings (SSSR count). The number of aliphatic carboxylic acids is 1. The second kappa shape index (κ2) is 7.43. The van der Waals surface area contributed by atoms with Crippen molar-refractivity contribution in [1.82, 2.24) is 10.6 Å². The first-order valence-electron chi connectivity index (χ1n) is 7.49. The molecule has 3 amide bonds. The number of carboxylic acids is 1. The van der Waals surface area contributed by atoms with Gasteiger partial charge in [0.05, 0.1) is 6.42 Å². The first-order chi connectivity index (χ1) is 9.69. The van der Waals surface area contributed by atoms with Gasteiger partial charge in [-0.1, -0.05) is 33.6 Å². The molecular formula is C15H26N2O4. The quantitative estimate of drug-likeness (QED) is 0.700. The highest BCUT2D eigenvalue weighted by Crippen LogP contribution is 2.30. The largest absolute Gasteiger partial charge is 0.481 e. The van der Waals surface area contributed by atoms with E-state index in [1.54, 1.807) is 13.8 Å². The van der Waals surface area contributed by atoms with Crippen molar-refractivity contribution >= 4 is 17.9 Å². The number of carboxylic acid groups (broad SMARTS) is 1. The Labute approximate surface area is 125 Å². The minimum absolute atomic E-state index is 0.00650.